The van der Waals surface area contributed by atoms with Crippen LogP contribution in [0.3, 0.4) is 0 Å². The van der Waals surface area contributed by atoms with Gasteiger partial charge in [-0.15, -0.1) is 11.3 Å². The highest BCUT2D eigenvalue weighted by Gasteiger charge is 2.30. The largest absolute Gasteiger partial charge is 0.330 e. The van der Waals surface area contributed by atoms with Crippen LogP contribution in [0.15, 0.2) is 40.7 Å². The molecule has 1 aliphatic heterocycles. The normalized spacial score (nSPS) is 17.7. The van der Waals surface area contributed by atoms with Crippen LogP contribution < -0.4 is 5.73 Å². The molecular formula is C15H19N3O2S2. The van der Waals surface area contributed by atoms with Gasteiger partial charge in [0.2, 0.25) is 0 Å². The highest BCUT2D eigenvalue weighted by Crippen LogP contribution is 2.32. The van der Waals surface area contributed by atoms with E-state index in [0.29, 0.717) is 29.8 Å². The minimum absolute atomic E-state index is 0.388. The second kappa shape index (κ2) is 6.45. The molecule has 5 nitrogen and oxygen atoms in total. The number of sulfonamides is 1. The second-order valence-corrected chi connectivity index (χ2v) is 8.67. The maximum absolute atomic E-state index is 12.7. The molecule has 1 saturated heterocycles. The Labute approximate surface area is 134 Å². The van der Waals surface area contributed by atoms with Crippen molar-refractivity contribution < 1.29 is 8.42 Å². The van der Waals surface area contributed by atoms with Gasteiger partial charge in [0.25, 0.3) is 10.0 Å². The Bertz CT molecular complexity index is 720. The van der Waals surface area contributed by atoms with Gasteiger partial charge in [-0.1, -0.05) is 6.07 Å². The summed E-state index contributed by atoms with van der Waals surface area (Å²) in [4.78, 5) is 5.14. The molecule has 7 heteroatoms. The highest BCUT2D eigenvalue weighted by atomic mass is 32.2. The first-order valence-corrected chi connectivity index (χ1v) is 9.58. The van der Waals surface area contributed by atoms with Gasteiger partial charge in [0.15, 0.2) is 0 Å². The van der Waals surface area contributed by atoms with E-state index in [-0.39, 0.29) is 0 Å². The smallest absolute Gasteiger partial charge is 0.252 e. The fourth-order valence-electron chi connectivity index (χ4n) is 2.62. The Morgan fingerprint density at radius 1 is 1.23 bits per heavy atom. The van der Waals surface area contributed by atoms with Crippen LogP contribution >= 0.6 is 11.3 Å². The number of pyridine rings is 1. The summed E-state index contributed by atoms with van der Waals surface area (Å²) in [5, 5.41) is 0. The molecule has 0 amide bonds. The van der Waals surface area contributed by atoms with Crippen molar-refractivity contribution in [3.8, 4) is 10.6 Å². The molecule has 22 heavy (non-hydrogen) atoms. The number of hydrogen-bond acceptors (Lipinski definition) is 5. The third-order valence-electron chi connectivity index (χ3n) is 4.00. The Balaban J connectivity index is 1.80. The monoisotopic (exact) mass is 337 g/mol. The van der Waals surface area contributed by atoms with Crippen molar-refractivity contribution >= 4 is 21.4 Å². The number of nitrogens with zero attached hydrogens (tertiary/aromatic N) is 2. The minimum atomic E-state index is -3.40. The molecule has 3 heterocycles. The Morgan fingerprint density at radius 3 is 2.64 bits per heavy atom. The predicted molar refractivity (Wildman–Crippen MR) is 88.1 cm³/mol. The van der Waals surface area contributed by atoms with Gasteiger partial charge >= 0.3 is 0 Å². The summed E-state index contributed by atoms with van der Waals surface area (Å²) in [6, 6.07) is 9.13. The van der Waals surface area contributed by atoms with Gasteiger partial charge in [-0.2, -0.15) is 4.31 Å². The maximum atomic E-state index is 12.7. The topological polar surface area (TPSA) is 76.3 Å². The van der Waals surface area contributed by atoms with Gasteiger partial charge in [-0.25, -0.2) is 8.42 Å². The SMILES string of the molecule is NCC1CCN(S(=O)(=O)c2ccc(-c3ccccn3)s2)CC1. The third-order valence-corrected chi connectivity index (χ3v) is 7.47. The standard InChI is InChI=1S/C15H19N3O2S2/c16-11-12-6-9-18(10-7-12)22(19,20)15-5-4-14(21-15)13-3-1-2-8-17-13/h1-5,8,12H,6-7,9-11,16H2. The molecule has 2 aromatic heterocycles. The van der Waals surface area contributed by atoms with Gasteiger partial charge in [0.05, 0.1) is 10.6 Å². The number of rotatable bonds is 4. The lowest BCUT2D eigenvalue weighted by molar-refractivity contribution is 0.279. The van der Waals surface area contributed by atoms with E-state index in [9.17, 15) is 8.42 Å². The van der Waals surface area contributed by atoms with Crippen molar-refractivity contribution in [2.45, 2.75) is 17.1 Å². The second-order valence-electron chi connectivity index (χ2n) is 5.42. The Hall–Kier alpha value is -1.28. The Morgan fingerprint density at radius 2 is 2.00 bits per heavy atom. The molecule has 1 aliphatic rings. The fourth-order valence-corrected chi connectivity index (χ4v) is 5.52. The quantitative estimate of drug-likeness (QED) is 0.927. The zero-order valence-electron chi connectivity index (χ0n) is 12.2. The predicted octanol–water partition coefficient (Wildman–Crippen LogP) is 2.17. The first-order valence-electron chi connectivity index (χ1n) is 7.32. The van der Waals surface area contributed by atoms with Crippen molar-refractivity contribution in [3.63, 3.8) is 0 Å². The van der Waals surface area contributed by atoms with Crippen LogP contribution in [0.1, 0.15) is 12.8 Å². The molecule has 2 N–H and O–H groups in total. The van der Waals surface area contributed by atoms with E-state index < -0.39 is 10.0 Å². The first-order chi connectivity index (χ1) is 10.6. The van der Waals surface area contributed by atoms with Crippen molar-refractivity contribution in [2.75, 3.05) is 19.6 Å². The van der Waals surface area contributed by atoms with Crippen LogP contribution in [0.25, 0.3) is 10.6 Å². The number of thiophene rings is 1. The molecule has 0 atom stereocenters. The molecule has 0 aliphatic carbocycles. The van der Waals surface area contributed by atoms with Gasteiger partial charge < -0.3 is 5.73 Å². The van der Waals surface area contributed by atoms with E-state index in [1.54, 1.807) is 16.6 Å². The van der Waals surface area contributed by atoms with E-state index in [1.807, 2.05) is 24.3 Å². The molecule has 0 bridgehead atoms. The number of aromatic nitrogens is 1. The van der Waals surface area contributed by atoms with E-state index in [4.69, 9.17) is 5.73 Å². The highest BCUT2D eigenvalue weighted by molar-refractivity contribution is 7.91. The Kier molecular flexibility index (Phi) is 4.58. The molecule has 0 spiro atoms. The molecule has 0 saturated carbocycles. The van der Waals surface area contributed by atoms with Crippen LogP contribution in [-0.4, -0.2) is 37.3 Å². The summed E-state index contributed by atoms with van der Waals surface area (Å²) < 4.78 is 27.4. The van der Waals surface area contributed by atoms with Gasteiger partial charge in [-0.3, -0.25) is 4.98 Å². The molecular weight excluding hydrogens is 318 g/mol. The molecule has 1 fully saturated rings. The summed E-state index contributed by atoms with van der Waals surface area (Å²) in [7, 11) is -3.40. The molecule has 0 unspecified atom stereocenters. The van der Waals surface area contributed by atoms with Crippen molar-refractivity contribution in [2.24, 2.45) is 11.7 Å². The molecule has 0 radical (unpaired) electrons. The zero-order valence-corrected chi connectivity index (χ0v) is 13.8. The summed E-state index contributed by atoms with van der Waals surface area (Å²) in [6.07, 6.45) is 3.39. The molecule has 118 valence electrons. The van der Waals surface area contributed by atoms with E-state index in [0.717, 1.165) is 23.4 Å². The summed E-state index contributed by atoms with van der Waals surface area (Å²) >= 11 is 1.28. The van der Waals surface area contributed by atoms with E-state index in [2.05, 4.69) is 4.98 Å². The van der Waals surface area contributed by atoms with Gasteiger partial charge in [0, 0.05) is 19.3 Å². The minimum Gasteiger partial charge on any atom is -0.330 e. The molecule has 3 rings (SSSR count). The average molecular weight is 337 g/mol. The average Bonchev–Trinajstić information content (AvgIpc) is 3.06. The number of nitrogens with two attached hydrogens (primary N) is 1. The van der Waals surface area contributed by atoms with Gasteiger partial charge in [-0.05, 0) is 49.6 Å². The first kappa shape index (κ1) is 15.6. The van der Waals surface area contributed by atoms with Gasteiger partial charge in [0.1, 0.15) is 4.21 Å². The van der Waals surface area contributed by atoms with Crippen molar-refractivity contribution in [3.05, 3.63) is 36.5 Å². The van der Waals surface area contributed by atoms with Crippen LogP contribution in [0, 0.1) is 5.92 Å². The summed E-state index contributed by atoms with van der Waals surface area (Å²) in [5.41, 5.74) is 6.47. The lowest BCUT2D eigenvalue weighted by atomic mass is 9.99. The van der Waals surface area contributed by atoms with E-state index in [1.165, 1.54) is 11.3 Å². The van der Waals surface area contributed by atoms with Crippen molar-refractivity contribution in [1.29, 1.82) is 0 Å². The third kappa shape index (κ3) is 3.08. The number of hydrogen-bond donors (Lipinski definition) is 1. The molecule has 2 aromatic rings. The molecule has 0 aromatic carbocycles. The van der Waals surface area contributed by atoms with Crippen LogP contribution in [0.2, 0.25) is 0 Å². The summed E-state index contributed by atoms with van der Waals surface area (Å²) in [5.74, 6) is 0.443. The lowest BCUT2D eigenvalue weighted by Gasteiger charge is -2.30. The van der Waals surface area contributed by atoms with E-state index >= 15 is 0 Å². The lowest BCUT2D eigenvalue weighted by Crippen LogP contribution is -2.39. The van der Waals surface area contributed by atoms with Crippen LogP contribution in [0.5, 0.6) is 0 Å². The van der Waals surface area contributed by atoms with Crippen LogP contribution in [-0.2, 0) is 10.0 Å². The fraction of sp³-hybridized carbons (Fsp3) is 0.400. The van der Waals surface area contributed by atoms with Crippen molar-refractivity contribution in [1.82, 2.24) is 9.29 Å². The zero-order chi connectivity index (χ0) is 15.6. The maximum Gasteiger partial charge on any atom is 0.252 e. The summed E-state index contributed by atoms with van der Waals surface area (Å²) in [6.45, 7) is 1.75. The van der Waals surface area contributed by atoms with Crippen LogP contribution in [0.4, 0.5) is 0 Å². The number of piperidine rings is 1.